The van der Waals surface area contributed by atoms with Crippen molar-refractivity contribution in [1.29, 1.82) is 0 Å². The van der Waals surface area contributed by atoms with E-state index in [0.717, 1.165) is 24.8 Å². The zero-order valence-corrected chi connectivity index (χ0v) is 12.4. The molecule has 0 radical (unpaired) electrons. The molecule has 1 aromatic carbocycles. The van der Waals surface area contributed by atoms with Crippen LogP contribution in [0.3, 0.4) is 0 Å². The van der Waals surface area contributed by atoms with E-state index in [-0.39, 0.29) is 11.9 Å². The summed E-state index contributed by atoms with van der Waals surface area (Å²) in [5.41, 5.74) is 0.399. The van der Waals surface area contributed by atoms with Crippen LogP contribution in [0.4, 0.5) is 0 Å². The van der Waals surface area contributed by atoms with Gasteiger partial charge in [-0.3, -0.25) is 4.79 Å². The molecule has 2 atom stereocenters. The van der Waals surface area contributed by atoms with Crippen LogP contribution >= 0.6 is 0 Å². The molecule has 2 fully saturated rings. The molecule has 0 amide bonds. The lowest BCUT2D eigenvalue weighted by atomic mass is 9.86. The van der Waals surface area contributed by atoms with Crippen molar-refractivity contribution < 1.29 is 19.0 Å². The lowest BCUT2D eigenvalue weighted by Crippen LogP contribution is -2.28. The molecule has 4 nitrogen and oxygen atoms in total. The smallest absolute Gasteiger partial charge is 0.190 e. The van der Waals surface area contributed by atoms with Gasteiger partial charge in [0.05, 0.1) is 20.3 Å². The quantitative estimate of drug-likeness (QED) is 0.617. The molecule has 0 aromatic heterocycles. The summed E-state index contributed by atoms with van der Waals surface area (Å²) in [5.74, 6) is 1.42. The van der Waals surface area contributed by atoms with Gasteiger partial charge >= 0.3 is 0 Å². The van der Waals surface area contributed by atoms with Crippen molar-refractivity contribution in [2.75, 3.05) is 14.2 Å². The van der Waals surface area contributed by atoms with Gasteiger partial charge in [0.25, 0.3) is 0 Å². The fourth-order valence-corrected chi connectivity index (χ4v) is 3.06. The number of ether oxygens (including phenoxy) is 3. The Kier molecular flexibility index (Phi) is 3.72. The number of benzene rings is 1. The van der Waals surface area contributed by atoms with E-state index in [1.165, 1.54) is 6.42 Å². The Morgan fingerprint density at radius 2 is 2.10 bits per heavy atom. The van der Waals surface area contributed by atoms with Crippen LogP contribution in [-0.4, -0.2) is 31.7 Å². The molecule has 1 saturated heterocycles. The Morgan fingerprint density at radius 1 is 1.29 bits per heavy atom. The molecule has 2 aliphatic rings. The molecule has 1 aliphatic heterocycles. The van der Waals surface area contributed by atoms with Crippen LogP contribution in [0.25, 0.3) is 6.08 Å². The molecule has 0 unspecified atom stereocenters. The number of hydrogen-bond donors (Lipinski definition) is 0. The summed E-state index contributed by atoms with van der Waals surface area (Å²) in [6, 6.07) is 5.58. The second-order valence-electron chi connectivity index (χ2n) is 5.55. The minimum Gasteiger partial charge on any atom is -0.493 e. The van der Waals surface area contributed by atoms with Gasteiger partial charge < -0.3 is 14.2 Å². The Morgan fingerprint density at radius 3 is 2.81 bits per heavy atom. The fourth-order valence-electron chi connectivity index (χ4n) is 3.06. The van der Waals surface area contributed by atoms with Gasteiger partial charge in [-0.05, 0) is 43.0 Å². The summed E-state index contributed by atoms with van der Waals surface area (Å²) in [5, 5.41) is 0. The Labute approximate surface area is 124 Å². The standard InChI is InChI=1S/C17H20O4/c1-19-13-8-6-12(11-14(13)20-2)7-9-15(18)17-10-4-3-5-16(17)21-17/h6-9,11,16H,3-5,10H2,1-2H3/b9-7+/t16-,17+/m1/s1. The van der Waals surface area contributed by atoms with E-state index < -0.39 is 5.60 Å². The van der Waals surface area contributed by atoms with E-state index in [1.807, 2.05) is 24.3 Å². The second-order valence-corrected chi connectivity index (χ2v) is 5.55. The monoisotopic (exact) mass is 288 g/mol. The van der Waals surface area contributed by atoms with Crippen molar-refractivity contribution >= 4 is 11.9 Å². The predicted molar refractivity (Wildman–Crippen MR) is 79.7 cm³/mol. The summed E-state index contributed by atoms with van der Waals surface area (Å²) >= 11 is 0. The van der Waals surface area contributed by atoms with Gasteiger partial charge in [-0.1, -0.05) is 18.6 Å². The van der Waals surface area contributed by atoms with E-state index in [2.05, 4.69) is 0 Å². The number of fused-ring (bicyclic) bond motifs is 1. The molecule has 21 heavy (non-hydrogen) atoms. The van der Waals surface area contributed by atoms with Gasteiger partial charge in [-0.15, -0.1) is 0 Å². The molecule has 1 heterocycles. The van der Waals surface area contributed by atoms with Crippen LogP contribution in [0.5, 0.6) is 11.5 Å². The summed E-state index contributed by atoms with van der Waals surface area (Å²) < 4.78 is 16.1. The highest BCUT2D eigenvalue weighted by Gasteiger charge is 2.61. The average molecular weight is 288 g/mol. The van der Waals surface area contributed by atoms with Crippen LogP contribution < -0.4 is 9.47 Å². The van der Waals surface area contributed by atoms with Crippen LogP contribution in [0.1, 0.15) is 31.2 Å². The van der Waals surface area contributed by atoms with Crippen molar-refractivity contribution in [3.8, 4) is 11.5 Å². The Bertz CT molecular complexity index is 578. The van der Waals surface area contributed by atoms with Crippen molar-refractivity contribution in [3.05, 3.63) is 29.8 Å². The lowest BCUT2D eigenvalue weighted by molar-refractivity contribution is -0.119. The topological polar surface area (TPSA) is 48.1 Å². The van der Waals surface area contributed by atoms with E-state index in [9.17, 15) is 4.79 Å². The van der Waals surface area contributed by atoms with Crippen LogP contribution in [0, 0.1) is 0 Å². The van der Waals surface area contributed by atoms with E-state index in [0.29, 0.717) is 11.5 Å². The van der Waals surface area contributed by atoms with Crippen molar-refractivity contribution in [2.24, 2.45) is 0 Å². The largest absolute Gasteiger partial charge is 0.493 e. The van der Waals surface area contributed by atoms with Crippen molar-refractivity contribution in [1.82, 2.24) is 0 Å². The number of rotatable bonds is 5. The molecular weight excluding hydrogens is 268 g/mol. The number of carbonyl (C=O) groups excluding carboxylic acids is 1. The van der Waals surface area contributed by atoms with Crippen molar-refractivity contribution in [3.63, 3.8) is 0 Å². The molecule has 0 N–H and O–H groups in total. The third kappa shape index (κ3) is 2.56. The normalized spacial score (nSPS) is 27.2. The molecule has 1 aromatic rings. The molecule has 4 heteroatoms. The SMILES string of the molecule is COc1ccc(/C=C/C(=O)[C@@]23CCCC[C@H]2O3)cc1OC. The second kappa shape index (κ2) is 5.53. The predicted octanol–water partition coefficient (Wildman–Crippen LogP) is 3.00. The maximum Gasteiger partial charge on any atom is 0.190 e. The van der Waals surface area contributed by atoms with E-state index in [4.69, 9.17) is 14.2 Å². The first-order valence-corrected chi connectivity index (χ1v) is 7.32. The maximum atomic E-state index is 12.3. The first-order chi connectivity index (χ1) is 10.2. The third-order valence-corrected chi connectivity index (χ3v) is 4.33. The molecule has 3 rings (SSSR count). The van der Waals surface area contributed by atoms with Gasteiger partial charge in [0.1, 0.15) is 0 Å². The van der Waals surface area contributed by atoms with E-state index >= 15 is 0 Å². The molecular formula is C17H20O4. The molecule has 1 saturated carbocycles. The van der Waals surface area contributed by atoms with Gasteiger partial charge in [0.15, 0.2) is 22.9 Å². The van der Waals surface area contributed by atoms with Crippen LogP contribution in [0.2, 0.25) is 0 Å². The number of methoxy groups -OCH3 is 2. The van der Waals surface area contributed by atoms with Gasteiger partial charge in [0, 0.05) is 0 Å². The van der Waals surface area contributed by atoms with E-state index in [1.54, 1.807) is 20.3 Å². The Balaban J connectivity index is 1.73. The number of carbonyl (C=O) groups is 1. The summed E-state index contributed by atoms with van der Waals surface area (Å²) in [4.78, 5) is 12.3. The lowest BCUT2D eigenvalue weighted by Gasteiger charge is -2.13. The summed E-state index contributed by atoms with van der Waals surface area (Å²) in [6.07, 6.45) is 7.70. The zero-order valence-electron chi connectivity index (χ0n) is 12.4. The highest BCUT2D eigenvalue weighted by Crippen LogP contribution is 2.48. The van der Waals surface area contributed by atoms with Gasteiger partial charge in [-0.25, -0.2) is 0 Å². The fraction of sp³-hybridized carbons (Fsp3) is 0.471. The van der Waals surface area contributed by atoms with Crippen LogP contribution in [0.15, 0.2) is 24.3 Å². The third-order valence-electron chi connectivity index (χ3n) is 4.33. The average Bonchev–Trinajstić information content (AvgIpc) is 3.28. The van der Waals surface area contributed by atoms with Gasteiger partial charge in [0.2, 0.25) is 0 Å². The highest BCUT2D eigenvalue weighted by atomic mass is 16.6. The highest BCUT2D eigenvalue weighted by molar-refractivity contribution is 6.02. The minimum atomic E-state index is -0.509. The minimum absolute atomic E-state index is 0.0852. The number of hydrogen-bond acceptors (Lipinski definition) is 4. The molecule has 0 spiro atoms. The number of ketones is 1. The maximum absolute atomic E-state index is 12.3. The zero-order chi connectivity index (χ0) is 14.9. The molecule has 1 aliphatic carbocycles. The first kappa shape index (κ1) is 14.1. The Hall–Kier alpha value is -1.81. The first-order valence-electron chi connectivity index (χ1n) is 7.32. The summed E-state index contributed by atoms with van der Waals surface area (Å²) in [7, 11) is 3.20. The van der Waals surface area contributed by atoms with Gasteiger partial charge in [-0.2, -0.15) is 0 Å². The molecule has 0 bridgehead atoms. The van der Waals surface area contributed by atoms with Crippen LogP contribution in [-0.2, 0) is 9.53 Å². The summed E-state index contributed by atoms with van der Waals surface area (Å²) in [6.45, 7) is 0. The molecule has 112 valence electrons. The van der Waals surface area contributed by atoms with Crippen molar-refractivity contribution in [2.45, 2.75) is 37.4 Å². The number of epoxide rings is 1.